The van der Waals surface area contributed by atoms with Crippen molar-refractivity contribution in [3.05, 3.63) is 0 Å². The number of hydrogen-bond donors (Lipinski definition) is 1. The monoisotopic (exact) mass is 277 g/mol. The first-order chi connectivity index (χ1) is 9.22. The predicted octanol–water partition coefficient (Wildman–Crippen LogP) is 1.32. The van der Waals surface area contributed by atoms with E-state index in [0.29, 0.717) is 45.6 Å². The van der Waals surface area contributed by atoms with Crippen molar-refractivity contribution < 1.29 is 18.9 Å². The van der Waals surface area contributed by atoms with E-state index in [-0.39, 0.29) is 6.10 Å². The fraction of sp³-hybridized carbons (Fsp3) is 1.00. The van der Waals surface area contributed by atoms with Crippen LogP contribution in [0.3, 0.4) is 0 Å². The Bertz CT molecular complexity index is 179. The molecule has 5 heteroatoms. The molecule has 0 aliphatic rings. The maximum atomic E-state index is 5.80. The van der Waals surface area contributed by atoms with Gasteiger partial charge in [-0.3, -0.25) is 0 Å². The van der Waals surface area contributed by atoms with E-state index in [0.717, 1.165) is 13.1 Å². The van der Waals surface area contributed by atoms with Crippen LogP contribution in [0.4, 0.5) is 0 Å². The first-order valence-electron chi connectivity index (χ1n) is 7.19. The number of methoxy groups -OCH3 is 1. The fourth-order valence-electron chi connectivity index (χ4n) is 1.50. The van der Waals surface area contributed by atoms with Crippen molar-refractivity contribution >= 4 is 0 Å². The Morgan fingerprint density at radius 3 is 2.00 bits per heavy atom. The highest BCUT2D eigenvalue weighted by atomic mass is 16.6. The van der Waals surface area contributed by atoms with Gasteiger partial charge < -0.3 is 24.3 Å². The summed E-state index contributed by atoms with van der Waals surface area (Å²) in [7, 11) is 1.66. The molecular formula is C14H31NO4. The van der Waals surface area contributed by atoms with Crippen molar-refractivity contribution in [2.45, 2.75) is 26.9 Å². The van der Waals surface area contributed by atoms with E-state index < -0.39 is 0 Å². The Morgan fingerprint density at radius 2 is 1.47 bits per heavy atom. The van der Waals surface area contributed by atoms with Gasteiger partial charge in [0.25, 0.3) is 0 Å². The minimum absolute atomic E-state index is 0.251. The van der Waals surface area contributed by atoms with E-state index in [2.05, 4.69) is 26.1 Å². The minimum Gasteiger partial charge on any atom is -0.382 e. The molecule has 1 N–H and O–H groups in total. The Morgan fingerprint density at radius 1 is 0.895 bits per heavy atom. The molecule has 0 aliphatic heterocycles. The quantitative estimate of drug-likeness (QED) is 0.485. The Hall–Kier alpha value is -0.200. The molecule has 0 saturated heterocycles. The molecular weight excluding hydrogens is 246 g/mol. The summed E-state index contributed by atoms with van der Waals surface area (Å²) in [6.07, 6.45) is 0.251. The van der Waals surface area contributed by atoms with E-state index >= 15 is 0 Å². The zero-order valence-corrected chi connectivity index (χ0v) is 12.9. The summed E-state index contributed by atoms with van der Waals surface area (Å²) in [6, 6.07) is 0. The van der Waals surface area contributed by atoms with Gasteiger partial charge in [-0.05, 0) is 12.5 Å². The second-order valence-corrected chi connectivity index (χ2v) is 4.68. The third-order valence-electron chi connectivity index (χ3n) is 2.70. The van der Waals surface area contributed by atoms with E-state index in [1.54, 1.807) is 7.11 Å². The van der Waals surface area contributed by atoms with Gasteiger partial charge in [0.15, 0.2) is 0 Å². The minimum atomic E-state index is 0.251. The van der Waals surface area contributed by atoms with E-state index in [9.17, 15) is 0 Å². The lowest BCUT2D eigenvalue weighted by atomic mass is 10.1. The third kappa shape index (κ3) is 12.6. The highest BCUT2D eigenvalue weighted by Crippen LogP contribution is 2.05. The van der Waals surface area contributed by atoms with Crippen LogP contribution >= 0.6 is 0 Å². The first-order valence-corrected chi connectivity index (χ1v) is 7.19. The van der Waals surface area contributed by atoms with Crippen LogP contribution in [0, 0.1) is 5.92 Å². The largest absolute Gasteiger partial charge is 0.382 e. The lowest BCUT2D eigenvalue weighted by Gasteiger charge is -2.21. The molecule has 116 valence electrons. The third-order valence-corrected chi connectivity index (χ3v) is 2.70. The average Bonchev–Trinajstić information content (AvgIpc) is 2.39. The van der Waals surface area contributed by atoms with Gasteiger partial charge in [0, 0.05) is 13.7 Å². The van der Waals surface area contributed by atoms with Crippen LogP contribution in [-0.4, -0.2) is 65.9 Å². The summed E-state index contributed by atoms with van der Waals surface area (Å²) < 4.78 is 21.4. The lowest BCUT2D eigenvalue weighted by molar-refractivity contribution is -0.0278. The smallest absolute Gasteiger partial charge is 0.0723 e. The van der Waals surface area contributed by atoms with Gasteiger partial charge >= 0.3 is 0 Å². The molecule has 0 saturated carbocycles. The molecule has 0 heterocycles. The van der Waals surface area contributed by atoms with Gasteiger partial charge in [-0.1, -0.05) is 20.8 Å². The molecule has 5 nitrogen and oxygen atoms in total. The average molecular weight is 277 g/mol. The molecule has 1 atom stereocenters. The van der Waals surface area contributed by atoms with Crippen LogP contribution < -0.4 is 5.32 Å². The predicted molar refractivity (Wildman–Crippen MR) is 76.6 cm³/mol. The zero-order valence-electron chi connectivity index (χ0n) is 12.9. The van der Waals surface area contributed by atoms with Gasteiger partial charge in [-0.25, -0.2) is 0 Å². The zero-order chi connectivity index (χ0) is 14.3. The number of hydrogen-bond acceptors (Lipinski definition) is 5. The lowest BCUT2D eigenvalue weighted by Crippen LogP contribution is -2.34. The van der Waals surface area contributed by atoms with Crippen molar-refractivity contribution in [1.29, 1.82) is 0 Å². The number of likely N-dealkylation sites (N-methyl/N-ethyl adjacent to an activating group) is 1. The number of nitrogens with one attached hydrogen (secondary N) is 1. The van der Waals surface area contributed by atoms with Crippen molar-refractivity contribution in [3.8, 4) is 0 Å². The Kier molecular flexibility index (Phi) is 14.1. The molecule has 0 aromatic heterocycles. The topological polar surface area (TPSA) is 49.0 Å². The summed E-state index contributed by atoms with van der Waals surface area (Å²) in [4.78, 5) is 0. The summed E-state index contributed by atoms with van der Waals surface area (Å²) in [6.45, 7) is 12.0. The van der Waals surface area contributed by atoms with Crippen LogP contribution in [0.1, 0.15) is 20.8 Å². The Balaban J connectivity index is 3.34. The normalized spacial score (nSPS) is 13.1. The highest BCUT2D eigenvalue weighted by Gasteiger charge is 2.12. The first kappa shape index (κ1) is 18.8. The summed E-state index contributed by atoms with van der Waals surface area (Å²) in [5, 5.41) is 3.31. The molecule has 0 aromatic rings. The maximum absolute atomic E-state index is 5.80. The van der Waals surface area contributed by atoms with Gasteiger partial charge in [-0.15, -0.1) is 0 Å². The van der Waals surface area contributed by atoms with Crippen LogP contribution in [0.5, 0.6) is 0 Å². The SMILES string of the molecule is CCNCC(OCCOCCOCCOC)C(C)C. The van der Waals surface area contributed by atoms with Gasteiger partial charge in [0.1, 0.15) is 0 Å². The van der Waals surface area contributed by atoms with Crippen LogP contribution in [-0.2, 0) is 18.9 Å². The number of ether oxygens (including phenoxy) is 4. The molecule has 0 bridgehead atoms. The summed E-state index contributed by atoms with van der Waals surface area (Å²) in [5.74, 6) is 0.511. The van der Waals surface area contributed by atoms with E-state index in [4.69, 9.17) is 18.9 Å². The van der Waals surface area contributed by atoms with Crippen molar-refractivity contribution in [1.82, 2.24) is 5.32 Å². The Labute approximate surface area is 117 Å². The molecule has 0 fully saturated rings. The summed E-state index contributed by atoms with van der Waals surface area (Å²) >= 11 is 0. The molecule has 0 aromatic carbocycles. The van der Waals surface area contributed by atoms with Gasteiger partial charge in [-0.2, -0.15) is 0 Å². The highest BCUT2D eigenvalue weighted by molar-refractivity contribution is 4.65. The van der Waals surface area contributed by atoms with Crippen LogP contribution in [0.2, 0.25) is 0 Å². The molecule has 0 radical (unpaired) electrons. The van der Waals surface area contributed by atoms with Crippen LogP contribution in [0.25, 0.3) is 0 Å². The second kappa shape index (κ2) is 14.2. The van der Waals surface area contributed by atoms with Crippen molar-refractivity contribution in [2.24, 2.45) is 5.92 Å². The van der Waals surface area contributed by atoms with E-state index in [1.165, 1.54) is 0 Å². The fourth-order valence-corrected chi connectivity index (χ4v) is 1.50. The van der Waals surface area contributed by atoms with Crippen molar-refractivity contribution in [3.63, 3.8) is 0 Å². The van der Waals surface area contributed by atoms with Crippen molar-refractivity contribution in [2.75, 3.05) is 59.8 Å². The second-order valence-electron chi connectivity index (χ2n) is 4.68. The van der Waals surface area contributed by atoms with Gasteiger partial charge in [0.2, 0.25) is 0 Å². The molecule has 0 spiro atoms. The molecule has 1 unspecified atom stereocenters. The standard InChI is InChI=1S/C14H31NO4/c1-5-15-12-14(13(2)3)19-11-10-18-9-8-17-7-6-16-4/h13-15H,5-12H2,1-4H3. The van der Waals surface area contributed by atoms with E-state index in [1.807, 2.05) is 0 Å². The molecule has 0 rings (SSSR count). The number of rotatable bonds is 14. The molecule has 0 amide bonds. The molecule has 19 heavy (non-hydrogen) atoms. The molecule has 0 aliphatic carbocycles. The van der Waals surface area contributed by atoms with Crippen LogP contribution in [0.15, 0.2) is 0 Å². The summed E-state index contributed by atoms with van der Waals surface area (Å²) in [5.41, 5.74) is 0. The van der Waals surface area contributed by atoms with Gasteiger partial charge in [0.05, 0.1) is 45.7 Å². The maximum Gasteiger partial charge on any atom is 0.0723 e.